The molecule has 2 N–H and O–H groups in total. The van der Waals surface area contributed by atoms with Crippen molar-refractivity contribution in [2.45, 2.75) is 13.0 Å². The van der Waals surface area contributed by atoms with Crippen LogP contribution >= 0.6 is 11.6 Å². The Balaban J connectivity index is 2.89. The van der Waals surface area contributed by atoms with Crippen LogP contribution in [0.15, 0.2) is 18.3 Å². The van der Waals surface area contributed by atoms with E-state index in [2.05, 4.69) is 4.98 Å². The Morgan fingerprint density at radius 3 is 2.75 bits per heavy atom. The highest BCUT2D eigenvalue weighted by Gasteiger charge is 2.10. The maximum atomic E-state index is 10.8. The summed E-state index contributed by atoms with van der Waals surface area (Å²) >= 11 is 5.56. The molecule has 0 radical (unpaired) electrons. The van der Waals surface area contributed by atoms with E-state index in [1.54, 1.807) is 12.1 Å². The fourth-order valence-electron chi connectivity index (χ4n) is 0.806. The smallest absolute Gasteiger partial charge is 0.151 e. The van der Waals surface area contributed by atoms with Crippen LogP contribution in [0, 0.1) is 0 Å². The Bertz CT molecular complexity index is 284. The number of nitrogens with two attached hydrogens (primary N) is 1. The lowest BCUT2D eigenvalue weighted by Gasteiger charge is -2.06. The van der Waals surface area contributed by atoms with Gasteiger partial charge in [0.2, 0.25) is 0 Å². The van der Waals surface area contributed by atoms with E-state index in [-0.39, 0.29) is 5.78 Å². The molecule has 0 aliphatic carbocycles. The molecule has 0 spiro atoms. The van der Waals surface area contributed by atoms with Crippen molar-refractivity contribution >= 4 is 17.4 Å². The zero-order valence-corrected chi connectivity index (χ0v) is 7.38. The van der Waals surface area contributed by atoms with Crippen molar-refractivity contribution in [3.63, 3.8) is 0 Å². The average Bonchev–Trinajstić information content (AvgIpc) is 2.04. The predicted molar refractivity (Wildman–Crippen MR) is 46.9 cm³/mol. The number of hydrogen-bond donors (Lipinski definition) is 1. The van der Waals surface area contributed by atoms with Gasteiger partial charge in [0.1, 0.15) is 5.15 Å². The van der Waals surface area contributed by atoms with Crippen LogP contribution in [0.4, 0.5) is 0 Å². The number of rotatable bonds is 2. The lowest BCUT2D eigenvalue weighted by molar-refractivity contribution is -0.118. The number of Topliss-reactive ketones (excluding diaryl/α,β-unsaturated/α-hetero) is 1. The van der Waals surface area contributed by atoms with Gasteiger partial charge < -0.3 is 5.73 Å². The molecule has 1 unspecified atom stereocenters. The maximum absolute atomic E-state index is 10.8. The first kappa shape index (κ1) is 9.16. The minimum absolute atomic E-state index is 0.0841. The van der Waals surface area contributed by atoms with Crippen LogP contribution in [0.5, 0.6) is 0 Å². The van der Waals surface area contributed by atoms with E-state index in [0.717, 1.165) is 0 Å². The third-order valence-corrected chi connectivity index (χ3v) is 1.77. The molecule has 0 amide bonds. The van der Waals surface area contributed by atoms with Crippen molar-refractivity contribution < 1.29 is 4.79 Å². The maximum Gasteiger partial charge on any atom is 0.151 e. The van der Waals surface area contributed by atoms with Crippen LogP contribution in [-0.2, 0) is 4.79 Å². The second kappa shape index (κ2) is 3.65. The fourth-order valence-corrected chi connectivity index (χ4v) is 0.918. The molecule has 1 heterocycles. The Labute approximate surface area is 75.6 Å². The van der Waals surface area contributed by atoms with E-state index >= 15 is 0 Å². The van der Waals surface area contributed by atoms with Gasteiger partial charge in [-0.1, -0.05) is 17.7 Å². The lowest BCUT2D eigenvalue weighted by atomic mass is 10.1. The molecule has 64 valence electrons. The van der Waals surface area contributed by atoms with Crippen molar-refractivity contribution in [3.8, 4) is 0 Å². The Morgan fingerprint density at radius 2 is 2.33 bits per heavy atom. The van der Waals surface area contributed by atoms with E-state index in [0.29, 0.717) is 10.7 Å². The molecular weight excluding hydrogens is 176 g/mol. The summed E-state index contributed by atoms with van der Waals surface area (Å²) in [6.07, 6.45) is 1.51. The normalized spacial score (nSPS) is 12.6. The zero-order valence-electron chi connectivity index (χ0n) is 6.62. The van der Waals surface area contributed by atoms with Crippen molar-refractivity contribution in [1.29, 1.82) is 0 Å². The van der Waals surface area contributed by atoms with Crippen molar-refractivity contribution in [2.75, 3.05) is 0 Å². The standard InChI is InChI=1S/C8H9ClN2O/c1-5(12)8(10)6-2-3-7(9)11-4-6/h2-4,8H,10H2,1H3. The number of nitrogens with zero attached hydrogens (tertiary/aromatic N) is 1. The lowest BCUT2D eigenvalue weighted by Crippen LogP contribution is -2.18. The Hall–Kier alpha value is -0.930. The molecule has 12 heavy (non-hydrogen) atoms. The number of aromatic nitrogens is 1. The number of ketones is 1. The molecular formula is C8H9ClN2O. The van der Waals surface area contributed by atoms with E-state index < -0.39 is 6.04 Å². The minimum atomic E-state index is -0.588. The summed E-state index contributed by atoms with van der Waals surface area (Å²) in [5.74, 6) is -0.0841. The third-order valence-electron chi connectivity index (χ3n) is 1.55. The van der Waals surface area contributed by atoms with Gasteiger partial charge in [0, 0.05) is 6.20 Å². The Morgan fingerprint density at radius 1 is 1.67 bits per heavy atom. The molecule has 1 rings (SSSR count). The van der Waals surface area contributed by atoms with Gasteiger partial charge in [0.05, 0.1) is 6.04 Å². The molecule has 0 fully saturated rings. The summed E-state index contributed by atoms with van der Waals surface area (Å²) in [6.45, 7) is 1.44. The summed E-state index contributed by atoms with van der Waals surface area (Å²) in [4.78, 5) is 14.7. The van der Waals surface area contributed by atoms with E-state index in [1.165, 1.54) is 13.1 Å². The van der Waals surface area contributed by atoms with Crippen molar-refractivity contribution in [2.24, 2.45) is 5.73 Å². The number of carbonyl (C=O) groups is 1. The summed E-state index contributed by atoms with van der Waals surface area (Å²) in [7, 11) is 0. The average molecular weight is 185 g/mol. The zero-order chi connectivity index (χ0) is 9.14. The topological polar surface area (TPSA) is 56.0 Å². The minimum Gasteiger partial charge on any atom is -0.318 e. The molecule has 0 saturated heterocycles. The highest BCUT2D eigenvalue weighted by molar-refractivity contribution is 6.29. The van der Waals surface area contributed by atoms with Gasteiger partial charge in [0.15, 0.2) is 5.78 Å². The Kier molecular flexibility index (Phi) is 2.78. The van der Waals surface area contributed by atoms with E-state index in [1.807, 2.05) is 0 Å². The molecule has 3 nitrogen and oxygen atoms in total. The number of hydrogen-bond acceptors (Lipinski definition) is 3. The largest absolute Gasteiger partial charge is 0.318 e. The highest BCUT2D eigenvalue weighted by atomic mass is 35.5. The van der Waals surface area contributed by atoms with Gasteiger partial charge in [0.25, 0.3) is 0 Å². The molecule has 1 aromatic heterocycles. The molecule has 1 aromatic rings. The fraction of sp³-hybridized carbons (Fsp3) is 0.250. The molecule has 0 aliphatic rings. The van der Waals surface area contributed by atoms with E-state index in [9.17, 15) is 4.79 Å². The quantitative estimate of drug-likeness (QED) is 0.706. The summed E-state index contributed by atoms with van der Waals surface area (Å²) in [6, 6.07) is 2.72. The van der Waals surface area contributed by atoms with Crippen LogP contribution in [0.3, 0.4) is 0 Å². The SMILES string of the molecule is CC(=O)C(N)c1ccc(Cl)nc1. The molecule has 0 saturated carbocycles. The molecule has 4 heteroatoms. The molecule has 0 aromatic carbocycles. The van der Waals surface area contributed by atoms with Crippen LogP contribution in [0.25, 0.3) is 0 Å². The summed E-state index contributed by atoms with van der Waals surface area (Å²) in [5, 5.41) is 0.398. The first-order chi connectivity index (χ1) is 5.61. The van der Waals surface area contributed by atoms with Gasteiger partial charge >= 0.3 is 0 Å². The van der Waals surface area contributed by atoms with Gasteiger partial charge in [-0.2, -0.15) is 0 Å². The van der Waals surface area contributed by atoms with Crippen LogP contribution in [-0.4, -0.2) is 10.8 Å². The van der Waals surface area contributed by atoms with Gasteiger partial charge in [-0.05, 0) is 18.6 Å². The number of pyridine rings is 1. The highest BCUT2D eigenvalue weighted by Crippen LogP contribution is 2.12. The first-order valence-electron chi connectivity index (χ1n) is 3.48. The first-order valence-corrected chi connectivity index (χ1v) is 3.86. The van der Waals surface area contributed by atoms with Crippen molar-refractivity contribution in [3.05, 3.63) is 29.0 Å². The molecule has 0 aliphatic heterocycles. The second-order valence-corrected chi connectivity index (χ2v) is 2.89. The van der Waals surface area contributed by atoms with Gasteiger partial charge in [-0.15, -0.1) is 0 Å². The van der Waals surface area contributed by atoms with E-state index in [4.69, 9.17) is 17.3 Å². The van der Waals surface area contributed by atoms with Gasteiger partial charge in [-0.3, -0.25) is 4.79 Å². The second-order valence-electron chi connectivity index (χ2n) is 2.50. The van der Waals surface area contributed by atoms with Gasteiger partial charge in [-0.25, -0.2) is 4.98 Å². The van der Waals surface area contributed by atoms with Crippen LogP contribution in [0.1, 0.15) is 18.5 Å². The summed E-state index contributed by atoms with van der Waals surface area (Å²) < 4.78 is 0. The molecule has 0 bridgehead atoms. The molecule has 1 atom stereocenters. The van der Waals surface area contributed by atoms with Crippen molar-refractivity contribution in [1.82, 2.24) is 4.98 Å². The summed E-state index contributed by atoms with van der Waals surface area (Å²) in [5.41, 5.74) is 6.24. The third kappa shape index (κ3) is 2.03. The number of carbonyl (C=O) groups excluding carboxylic acids is 1. The monoisotopic (exact) mass is 184 g/mol. The van der Waals surface area contributed by atoms with Crippen LogP contribution < -0.4 is 5.73 Å². The number of halogens is 1. The van der Waals surface area contributed by atoms with Crippen LogP contribution in [0.2, 0.25) is 5.15 Å². The predicted octanol–water partition coefficient (Wildman–Crippen LogP) is 1.32.